The lowest BCUT2D eigenvalue weighted by atomic mass is 9.90. The van der Waals surface area contributed by atoms with Crippen LogP contribution < -0.4 is 5.32 Å². The maximum absolute atomic E-state index is 5.93. The Morgan fingerprint density at radius 3 is 2.94 bits per heavy atom. The molecule has 1 saturated heterocycles. The Bertz CT molecular complexity index is 229. The van der Waals surface area contributed by atoms with Crippen LogP contribution in [0.2, 0.25) is 0 Å². The zero-order valence-corrected chi connectivity index (χ0v) is 12.2. The van der Waals surface area contributed by atoms with Crippen molar-refractivity contribution in [2.75, 3.05) is 26.7 Å². The van der Waals surface area contributed by atoms with Crippen molar-refractivity contribution in [3.05, 3.63) is 0 Å². The molecule has 1 N–H and O–H groups in total. The highest BCUT2D eigenvalue weighted by Crippen LogP contribution is 2.28. The van der Waals surface area contributed by atoms with Crippen molar-refractivity contribution in [1.29, 1.82) is 0 Å². The van der Waals surface area contributed by atoms with Crippen LogP contribution in [0.15, 0.2) is 0 Å². The van der Waals surface area contributed by atoms with Crippen LogP contribution in [0.4, 0.5) is 0 Å². The van der Waals surface area contributed by atoms with E-state index in [0.717, 1.165) is 19.2 Å². The van der Waals surface area contributed by atoms with E-state index in [1.807, 2.05) is 0 Å². The van der Waals surface area contributed by atoms with Crippen molar-refractivity contribution in [2.24, 2.45) is 0 Å². The molecule has 0 bridgehead atoms. The van der Waals surface area contributed by atoms with Crippen molar-refractivity contribution in [1.82, 2.24) is 10.2 Å². The van der Waals surface area contributed by atoms with E-state index in [2.05, 4.69) is 24.2 Å². The van der Waals surface area contributed by atoms with E-state index in [0.29, 0.717) is 12.1 Å². The van der Waals surface area contributed by atoms with Gasteiger partial charge in [-0.3, -0.25) is 4.90 Å². The maximum atomic E-state index is 5.93. The molecule has 0 amide bonds. The van der Waals surface area contributed by atoms with Crippen LogP contribution in [0.25, 0.3) is 0 Å². The second-order valence-corrected chi connectivity index (χ2v) is 5.83. The fourth-order valence-electron chi connectivity index (χ4n) is 3.55. The zero-order chi connectivity index (χ0) is 12.8. The molecule has 2 rings (SSSR count). The molecule has 2 aliphatic rings. The molecule has 0 spiro atoms. The van der Waals surface area contributed by atoms with Crippen molar-refractivity contribution in [3.63, 3.8) is 0 Å². The average molecular weight is 254 g/mol. The fraction of sp³-hybridized carbons (Fsp3) is 1.00. The van der Waals surface area contributed by atoms with Gasteiger partial charge in [-0.25, -0.2) is 0 Å². The van der Waals surface area contributed by atoms with Crippen LogP contribution in [0.5, 0.6) is 0 Å². The normalized spacial score (nSPS) is 31.0. The molecular weight excluding hydrogens is 224 g/mol. The Morgan fingerprint density at radius 2 is 2.17 bits per heavy atom. The lowest BCUT2D eigenvalue weighted by Gasteiger charge is -2.44. The molecule has 106 valence electrons. The van der Waals surface area contributed by atoms with E-state index in [-0.39, 0.29) is 0 Å². The fourth-order valence-corrected chi connectivity index (χ4v) is 3.55. The topological polar surface area (TPSA) is 24.5 Å². The summed E-state index contributed by atoms with van der Waals surface area (Å²) < 4.78 is 5.93. The van der Waals surface area contributed by atoms with E-state index in [9.17, 15) is 0 Å². The molecule has 18 heavy (non-hydrogen) atoms. The minimum atomic E-state index is 0.541. The Labute approximate surface area is 112 Å². The smallest absolute Gasteiger partial charge is 0.0730 e. The summed E-state index contributed by atoms with van der Waals surface area (Å²) in [5, 5.41) is 3.40. The van der Waals surface area contributed by atoms with Gasteiger partial charge in [0.15, 0.2) is 0 Å². The highest BCUT2D eigenvalue weighted by Gasteiger charge is 2.33. The molecule has 1 aliphatic heterocycles. The van der Waals surface area contributed by atoms with Gasteiger partial charge in [-0.2, -0.15) is 0 Å². The van der Waals surface area contributed by atoms with Gasteiger partial charge >= 0.3 is 0 Å². The van der Waals surface area contributed by atoms with Crippen LogP contribution in [-0.2, 0) is 4.74 Å². The molecule has 0 aromatic carbocycles. The molecule has 0 aromatic heterocycles. The Morgan fingerprint density at radius 1 is 1.33 bits per heavy atom. The Balaban J connectivity index is 1.73. The van der Waals surface area contributed by atoms with Crippen LogP contribution in [-0.4, -0.2) is 49.8 Å². The summed E-state index contributed by atoms with van der Waals surface area (Å²) in [6.45, 7) is 5.64. The average Bonchev–Trinajstić information content (AvgIpc) is 2.44. The summed E-state index contributed by atoms with van der Waals surface area (Å²) in [5.41, 5.74) is 0. The van der Waals surface area contributed by atoms with E-state index < -0.39 is 0 Å². The molecule has 1 aliphatic carbocycles. The number of hydrogen-bond donors (Lipinski definition) is 1. The number of rotatable bonds is 6. The summed E-state index contributed by atoms with van der Waals surface area (Å²) in [5.74, 6) is 0. The molecule has 3 heteroatoms. The molecule has 2 fully saturated rings. The number of nitrogens with zero attached hydrogens (tertiary/aromatic N) is 1. The molecule has 3 nitrogen and oxygen atoms in total. The summed E-state index contributed by atoms with van der Waals surface area (Å²) >= 11 is 0. The van der Waals surface area contributed by atoms with Gasteiger partial charge in [-0.1, -0.05) is 19.8 Å². The van der Waals surface area contributed by atoms with Crippen molar-refractivity contribution >= 4 is 0 Å². The van der Waals surface area contributed by atoms with E-state index in [1.54, 1.807) is 0 Å². The van der Waals surface area contributed by atoms with Gasteiger partial charge in [0.1, 0.15) is 0 Å². The molecule has 3 atom stereocenters. The lowest BCUT2D eigenvalue weighted by Crippen LogP contribution is -2.52. The van der Waals surface area contributed by atoms with Gasteiger partial charge in [0, 0.05) is 18.6 Å². The molecule has 3 unspecified atom stereocenters. The Hall–Kier alpha value is -0.120. The summed E-state index contributed by atoms with van der Waals surface area (Å²) in [7, 11) is 2.08. The summed E-state index contributed by atoms with van der Waals surface area (Å²) in [4.78, 5) is 2.70. The molecule has 0 radical (unpaired) electrons. The van der Waals surface area contributed by atoms with Gasteiger partial charge in [-0.05, 0) is 45.7 Å². The molecule has 1 saturated carbocycles. The van der Waals surface area contributed by atoms with Gasteiger partial charge in [0.25, 0.3) is 0 Å². The van der Waals surface area contributed by atoms with Gasteiger partial charge in [0.05, 0.1) is 12.7 Å². The lowest BCUT2D eigenvalue weighted by molar-refractivity contribution is -0.0883. The predicted octanol–water partition coefficient (Wildman–Crippen LogP) is 2.41. The first kappa shape index (κ1) is 14.3. The third kappa shape index (κ3) is 3.69. The van der Waals surface area contributed by atoms with Crippen LogP contribution in [0.3, 0.4) is 0 Å². The SMILES string of the molecule is CCC(CCCN1CCOC2CCCCC21)NC. The molecule has 1 heterocycles. The minimum Gasteiger partial charge on any atom is -0.375 e. The molecular formula is C15H30N2O. The van der Waals surface area contributed by atoms with Gasteiger partial charge in [0.2, 0.25) is 0 Å². The quantitative estimate of drug-likeness (QED) is 0.788. The monoisotopic (exact) mass is 254 g/mol. The van der Waals surface area contributed by atoms with Crippen molar-refractivity contribution < 1.29 is 4.74 Å². The first-order valence-corrected chi connectivity index (χ1v) is 7.88. The third-order valence-corrected chi connectivity index (χ3v) is 4.75. The molecule has 0 aromatic rings. The highest BCUT2D eigenvalue weighted by molar-refractivity contribution is 4.87. The highest BCUT2D eigenvalue weighted by atomic mass is 16.5. The first-order chi connectivity index (χ1) is 8.85. The van der Waals surface area contributed by atoms with E-state index in [1.165, 1.54) is 51.5 Å². The second-order valence-electron chi connectivity index (χ2n) is 5.83. The first-order valence-electron chi connectivity index (χ1n) is 7.88. The van der Waals surface area contributed by atoms with Crippen LogP contribution >= 0.6 is 0 Å². The largest absolute Gasteiger partial charge is 0.375 e. The number of morpholine rings is 1. The van der Waals surface area contributed by atoms with E-state index in [4.69, 9.17) is 4.74 Å². The summed E-state index contributed by atoms with van der Waals surface area (Å²) in [6.07, 6.45) is 9.82. The van der Waals surface area contributed by atoms with Crippen LogP contribution in [0.1, 0.15) is 51.9 Å². The summed E-state index contributed by atoms with van der Waals surface area (Å²) in [6, 6.07) is 1.43. The number of nitrogens with one attached hydrogen (secondary N) is 1. The van der Waals surface area contributed by atoms with Crippen molar-refractivity contribution in [3.8, 4) is 0 Å². The third-order valence-electron chi connectivity index (χ3n) is 4.75. The van der Waals surface area contributed by atoms with Crippen molar-refractivity contribution in [2.45, 2.75) is 70.1 Å². The minimum absolute atomic E-state index is 0.541. The van der Waals surface area contributed by atoms with Crippen LogP contribution in [0, 0.1) is 0 Å². The number of ether oxygens (including phenoxy) is 1. The number of fused-ring (bicyclic) bond motifs is 1. The van der Waals surface area contributed by atoms with Gasteiger partial charge < -0.3 is 10.1 Å². The predicted molar refractivity (Wildman–Crippen MR) is 75.9 cm³/mol. The maximum Gasteiger partial charge on any atom is 0.0730 e. The zero-order valence-electron chi connectivity index (χ0n) is 12.2. The standard InChI is InChI=1S/C15H30N2O/c1-3-13(16-2)7-6-10-17-11-12-18-15-9-5-4-8-14(15)17/h13-16H,3-12H2,1-2H3. The van der Waals surface area contributed by atoms with Gasteiger partial charge in [-0.15, -0.1) is 0 Å². The van der Waals surface area contributed by atoms with E-state index >= 15 is 0 Å². The Kier molecular flexibility index (Phi) is 5.93. The number of hydrogen-bond acceptors (Lipinski definition) is 3. The second kappa shape index (κ2) is 7.46.